The molecule has 0 amide bonds. The van der Waals surface area contributed by atoms with Gasteiger partial charge >= 0.3 is 0 Å². The maximum atomic E-state index is 13.0. The van der Waals surface area contributed by atoms with Crippen molar-refractivity contribution in [1.82, 2.24) is 9.55 Å². The molecule has 0 saturated heterocycles. The van der Waals surface area contributed by atoms with Gasteiger partial charge in [-0.1, -0.05) is 42.5 Å². The Labute approximate surface area is 175 Å². The summed E-state index contributed by atoms with van der Waals surface area (Å²) in [4.78, 5) is 17.6. The highest BCUT2D eigenvalue weighted by Crippen LogP contribution is 2.21. The minimum absolute atomic E-state index is 0.150. The number of allylic oxidation sites excluding steroid dienone is 1. The summed E-state index contributed by atoms with van der Waals surface area (Å²) >= 11 is 0. The van der Waals surface area contributed by atoms with Gasteiger partial charge < -0.3 is 14.0 Å². The second-order valence-electron chi connectivity index (χ2n) is 6.83. The maximum absolute atomic E-state index is 13.0. The van der Waals surface area contributed by atoms with E-state index in [2.05, 4.69) is 4.98 Å². The zero-order chi connectivity index (χ0) is 20.9. The van der Waals surface area contributed by atoms with Crippen LogP contribution in [0.3, 0.4) is 0 Å². The first kappa shape index (κ1) is 19.5. The number of hydrogen-bond acceptors (Lipinski definition) is 4. The van der Waals surface area contributed by atoms with Gasteiger partial charge in [-0.15, -0.1) is 0 Å². The molecule has 0 aliphatic heterocycles. The number of aromatic nitrogens is 2. The largest absolute Gasteiger partial charge is 0.497 e. The number of para-hydroxylation sites is 2. The van der Waals surface area contributed by atoms with Crippen LogP contribution in [0.2, 0.25) is 0 Å². The number of benzene rings is 3. The molecule has 1 aromatic heterocycles. The van der Waals surface area contributed by atoms with Gasteiger partial charge in [-0.2, -0.15) is 0 Å². The van der Waals surface area contributed by atoms with Crippen LogP contribution in [-0.4, -0.2) is 29.6 Å². The summed E-state index contributed by atoms with van der Waals surface area (Å²) in [7, 11) is 3.26. The van der Waals surface area contributed by atoms with Crippen LogP contribution in [0, 0.1) is 0 Å². The lowest BCUT2D eigenvalue weighted by atomic mass is 10.1. The fraction of sp³-hybridized carbons (Fsp3) is 0.120. The first-order valence-corrected chi connectivity index (χ1v) is 9.62. The second kappa shape index (κ2) is 8.66. The van der Waals surface area contributed by atoms with Crippen molar-refractivity contribution in [3.63, 3.8) is 0 Å². The van der Waals surface area contributed by atoms with E-state index in [0.717, 1.165) is 33.7 Å². The van der Waals surface area contributed by atoms with Crippen LogP contribution in [-0.2, 0) is 6.54 Å². The number of imidazole rings is 1. The van der Waals surface area contributed by atoms with Crippen LogP contribution >= 0.6 is 0 Å². The smallest absolute Gasteiger partial charge is 0.221 e. The van der Waals surface area contributed by atoms with E-state index in [0.29, 0.717) is 12.4 Å². The Morgan fingerprint density at radius 1 is 0.933 bits per heavy atom. The van der Waals surface area contributed by atoms with Crippen LogP contribution in [0.25, 0.3) is 17.1 Å². The summed E-state index contributed by atoms with van der Waals surface area (Å²) in [5, 5.41) is 0. The van der Waals surface area contributed by atoms with Crippen LogP contribution in [0.5, 0.6) is 11.5 Å². The van der Waals surface area contributed by atoms with E-state index in [9.17, 15) is 4.79 Å². The van der Waals surface area contributed by atoms with Crippen molar-refractivity contribution < 1.29 is 14.3 Å². The normalized spacial score (nSPS) is 11.1. The second-order valence-corrected chi connectivity index (χ2v) is 6.83. The molecule has 0 fully saturated rings. The molecule has 0 bridgehead atoms. The van der Waals surface area contributed by atoms with Gasteiger partial charge in [0.2, 0.25) is 5.78 Å². The molecule has 4 aromatic rings. The molecule has 150 valence electrons. The lowest BCUT2D eigenvalue weighted by Crippen LogP contribution is -2.09. The van der Waals surface area contributed by atoms with E-state index in [-0.39, 0.29) is 5.78 Å². The Morgan fingerprint density at radius 3 is 2.47 bits per heavy atom. The predicted octanol–water partition coefficient (Wildman–Crippen LogP) is 5.00. The van der Waals surface area contributed by atoms with E-state index in [1.165, 1.54) is 0 Å². The molecule has 0 spiro atoms. The van der Waals surface area contributed by atoms with E-state index in [4.69, 9.17) is 9.47 Å². The third-order valence-corrected chi connectivity index (χ3v) is 4.90. The molecule has 0 radical (unpaired) electrons. The molecule has 30 heavy (non-hydrogen) atoms. The van der Waals surface area contributed by atoms with Crippen molar-refractivity contribution in [3.8, 4) is 11.5 Å². The summed E-state index contributed by atoms with van der Waals surface area (Å²) in [5.41, 5.74) is 3.67. The highest BCUT2D eigenvalue weighted by molar-refractivity contribution is 6.06. The Morgan fingerprint density at radius 2 is 1.70 bits per heavy atom. The molecule has 5 nitrogen and oxygen atoms in total. The molecule has 5 heteroatoms. The Bertz CT molecular complexity index is 1210. The van der Waals surface area contributed by atoms with Gasteiger partial charge in [0.1, 0.15) is 11.5 Å². The number of fused-ring (bicyclic) bond motifs is 1. The monoisotopic (exact) mass is 398 g/mol. The van der Waals surface area contributed by atoms with Crippen LogP contribution in [0.15, 0.2) is 78.9 Å². The average Bonchev–Trinajstić information content (AvgIpc) is 3.16. The van der Waals surface area contributed by atoms with Crippen molar-refractivity contribution in [2.75, 3.05) is 14.2 Å². The SMILES string of the molecule is COc1ccc(Cn2c(C(=O)/C=C/c3cccc(OC)c3)nc3ccccc32)cc1. The van der Waals surface area contributed by atoms with Crippen LogP contribution in [0.4, 0.5) is 0 Å². The lowest BCUT2D eigenvalue weighted by Gasteiger charge is -2.09. The molecule has 1 heterocycles. The Balaban J connectivity index is 1.67. The van der Waals surface area contributed by atoms with Gasteiger partial charge in [0, 0.05) is 6.54 Å². The molecular weight excluding hydrogens is 376 g/mol. The van der Waals surface area contributed by atoms with Crippen LogP contribution < -0.4 is 9.47 Å². The molecule has 0 saturated carbocycles. The molecule has 0 aliphatic carbocycles. The van der Waals surface area contributed by atoms with Gasteiger partial charge in [0.05, 0.1) is 25.3 Å². The predicted molar refractivity (Wildman–Crippen MR) is 118 cm³/mol. The summed E-state index contributed by atoms with van der Waals surface area (Å²) in [6, 6.07) is 23.2. The minimum Gasteiger partial charge on any atom is -0.497 e. The summed E-state index contributed by atoms with van der Waals surface area (Å²) in [6.45, 7) is 0.540. The molecule has 0 aliphatic rings. The quantitative estimate of drug-likeness (QED) is 0.325. The van der Waals surface area contributed by atoms with E-state index >= 15 is 0 Å². The van der Waals surface area contributed by atoms with Crippen LogP contribution in [0.1, 0.15) is 21.7 Å². The third kappa shape index (κ3) is 4.10. The van der Waals surface area contributed by atoms with Gasteiger partial charge in [-0.05, 0) is 53.6 Å². The highest BCUT2D eigenvalue weighted by atomic mass is 16.5. The number of carbonyl (C=O) groups is 1. The van der Waals surface area contributed by atoms with Crippen molar-refractivity contribution in [3.05, 3.63) is 95.8 Å². The zero-order valence-corrected chi connectivity index (χ0v) is 16.9. The molecule has 4 rings (SSSR count). The van der Waals surface area contributed by atoms with Gasteiger partial charge in [0.15, 0.2) is 5.82 Å². The number of hydrogen-bond donors (Lipinski definition) is 0. The number of rotatable bonds is 7. The van der Waals surface area contributed by atoms with Crippen molar-refractivity contribution in [2.45, 2.75) is 6.54 Å². The molecule has 0 atom stereocenters. The Hall–Kier alpha value is -3.86. The molecular formula is C25H22N2O3. The number of nitrogens with zero attached hydrogens (tertiary/aromatic N) is 2. The molecule has 0 unspecified atom stereocenters. The van der Waals surface area contributed by atoms with Crippen molar-refractivity contribution in [2.24, 2.45) is 0 Å². The number of methoxy groups -OCH3 is 2. The summed E-state index contributed by atoms with van der Waals surface area (Å²) in [5.74, 6) is 1.80. The summed E-state index contributed by atoms with van der Waals surface area (Å²) in [6.07, 6.45) is 3.34. The molecule has 0 N–H and O–H groups in total. The maximum Gasteiger partial charge on any atom is 0.221 e. The number of ketones is 1. The third-order valence-electron chi connectivity index (χ3n) is 4.90. The Kier molecular flexibility index (Phi) is 5.61. The number of ether oxygens (including phenoxy) is 2. The van der Waals surface area contributed by atoms with Crippen molar-refractivity contribution in [1.29, 1.82) is 0 Å². The first-order valence-electron chi connectivity index (χ1n) is 9.62. The van der Waals surface area contributed by atoms with E-state index in [1.807, 2.05) is 77.4 Å². The van der Waals surface area contributed by atoms with Crippen molar-refractivity contribution >= 4 is 22.9 Å². The summed E-state index contributed by atoms with van der Waals surface area (Å²) < 4.78 is 12.4. The van der Waals surface area contributed by atoms with E-state index in [1.54, 1.807) is 26.4 Å². The van der Waals surface area contributed by atoms with Gasteiger partial charge in [0.25, 0.3) is 0 Å². The van der Waals surface area contributed by atoms with Gasteiger partial charge in [-0.3, -0.25) is 4.79 Å². The number of carbonyl (C=O) groups excluding carboxylic acids is 1. The fourth-order valence-corrected chi connectivity index (χ4v) is 3.33. The van der Waals surface area contributed by atoms with Gasteiger partial charge in [-0.25, -0.2) is 4.98 Å². The average molecular weight is 398 g/mol. The lowest BCUT2D eigenvalue weighted by molar-refractivity contribution is 0.103. The minimum atomic E-state index is -0.150. The fourth-order valence-electron chi connectivity index (χ4n) is 3.33. The first-order chi connectivity index (χ1) is 14.7. The zero-order valence-electron chi connectivity index (χ0n) is 16.9. The standard InChI is InChI=1S/C25H22N2O3/c1-29-20-13-10-19(11-14-20)17-27-23-9-4-3-8-22(23)26-25(27)24(28)15-12-18-6-5-7-21(16-18)30-2/h3-16H,17H2,1-2H3/b15-12+. The highest BCUT2D eigenvalue weighted by Gasteiger charge is 2.16. The topological polar surface area (TPSA) is 53.4 Å². The van der Waals surface area contributed by atoms with E-state index < -0.39 is 0 Å². The molecule has 3 aromatic carbocycles.